The number of thiazole rings is 1. The number of hydrogen-bond donors (Lipinski definition) is 3. The summed E-state index contributed by atoms with van der Waals surface area (Å²) in [6.45, 7) is 6.02. The van der Waals surface area contributed by atoms with Gasteiger partial charge in [0.1, 0.15) is 16.1 Å². The molecule has 0 saturated carbocycles. The van der Waals surface area contributed by atoms with Crippen LogP contribution in [0.2, 0.25) is 0 Å². The lowest BCUT2D eigenvalue weighted by molar-refractivity contribution is -0.134. The van der Waals surface area contributed by atoms with Crippen LogP contribution in [0.3, 0.4) is 0 Å². The average molecular weight is 623 g/mol. The minimum absolute atomic E-state index is 0.117. The van der Waals surface area contributed by atoms with Gasteiger partial charge in [-0.15, -0.1) is 0 Å². The van der Waals surface area contributed by atoms with E-state index in [9.17, 15) is 28.7 Å². The summed E-state index contributed by atoms with van der Waals surface area (Å²) in [7, 11) is -2.66. The number of benzene rings is 1. The highest BCUT2D eigenvalue weighted by atomic mass is 32.1. The Labute approximate surface area is 249 Å². The van der Waals surface area contributed by atoms with E-state index < -0.39 is 37.7 Å². The number of likely N-dealkylation sites (N-methyl/N-ethyl adjacent to an activating group) is 1. The Morgan fingerprint density at radius 2 is 1.67 bits per heavy atom. The maximum atomic E-state index is 13.7. The average Bonchev–Trinajstić information content (AvgIpc) is 3.42. The molecule has 230 valence electrons. The van der Waals surface area contributed by atoms with Crippen LogP contribution in [0.5, 0.6) is 0 Å². The van der Waals surface area contributed by atoms with Crippen LogP contribution >= 0.6 is 18.9 Å². The van der Waals surface area contributed by atoms with Crippen molar-refractivity contribution in [2.45, 2.75) is 25.8 Å². The third-order valence-electron chi connectivity index (χ3n) is 7.23. The Hall–Kier alpha value is -3.03. The van der Waals surface area contributed by atoms with Crippen molar-refractivity contribution < 1.29 is 33.5 Å². The van der Waals surface area contributed by atoms with Crippen molar-refractivity contribution in [2.24, 2.45) is 0 Å². The van der Waals surface area contributed by atoms with Crippen molar-refractivity contribution in [3.63, 3.8) is 0 Å². The van der Waals surface area contributed by atoms with Crippen molar-refractivity contribution in [1.82, 2.24) is 25.0 Å². The van der Waals surface area contributed by atoms with Gasteiger partial charge in [-0.1, -0.05) is 55.0 Å². The van der Waals surface area contributed by atoms with E-state index in [0.29, 0.717) is 29.7 Å². The van der Waals surface area contributed by atoms with Crippen molar-refractivity contribution in [3.8, 4) is 10.6 Å². The largest absolute Gasteiger partial charge is 0.449 e. The van der Waals surface area contributed by atoms with Crippen molar-refractivity contribution in [2.75, 3.05) is 77.1 Å². The molecule has 3 amide bonds. The number of nitrogens with one attached hydrogen (secondary N) is 1. The maximum Gasteiger partial charge on any atom is 0.409 e. The number of piperazine rings is 2. The first kappa shape index (κ1) is 31.9. The zero-order valence-electron chi connectivity index (χ0n) is 24.0. The van der Waals surface area contributed by atoms with E-state index in [1.54, 1.807) is 0 Å². The molecule has 0 bridgehead atoms. The molecule has 3 N–H and O–H groups in total. The highest BCUT2D eigenvalue weighted by Crippen LogP contribution is 2.37. The van der Waals surface area contributed by atoms with Gasteiger partial charge >= 0.3 is 13.7 Å². The summed E-state index contributed by atoms with van der Waals surface area (Å²) in [5.41, 5.74) is 0.956. The van der Waals surface area contributed by atoms with Crippen molar-refractivity contribution in [1.29, 1.82) is 0 Å². The lowest BCUT2D eigenvalue weighted by Crippen LogP contribution is -2.57. The monoisotopic (exact) mass is 622 g/mol. The number of ether oxygens (including phenoxy) is 1. The summed E-state index contributed by atoms with van der Waals surface area (Å²) in [4.78, 5) is 70.8. The first-order valence-electron chi connectivity index (χ1n) is 14.1. The molecule has 2 aromatic rings. The molecule has 4 rings (SSSR count). The zero-order chi connectivity index (χ0) is 30.3. The maximum absolute atomic E-state index is 13.7. The Bertz CT molecular complexity index is 1270. The Morgan fingerprint density at radius 1 is 1.02 bits per heavy atom. The standard InChI is InChI=1S/C27H39N6O7PS/c1-3-4-18-40-27(36)33-16-14-31(15-17-33)25(35)21(19-41(37,38)39)28-23(34)22-26(32-12-10-30(2)11-13-32)42-24(29-22)20-8-6-5-7-9-20/h5-9,21H,3-4,10-19H2,1-2H3,(H,28,34)(H2,37,38,39). The minimum atomic E-state index is -4.69. The third-order valence-corrected chi connectivity index (χ3v) is 9.24. The lowest BCUT2D eigenvalue weighted by atomic mass is 10.2. The number of carbonyl (C=O) groups is 3. The number of amides is 3. The van der Waals surface area contributed by atoms with Crippen molar-refractivity contribution in [3.05, 3.63) is 36.0 Å². The fourth-order valence-electron chi connectivity index (χ4n) is 4.76. The summed E-state index contributed by atoms with van der Waals surface area (Å²) < 4.78 is 17.3. The number of aromatic nitrogens is 1. The van der Waals surface area contributed by atoms with Gasteiger partial charge in [0, 0.05) is 57.9 Å². The summed E-state index contributed by atoms with van der Waals surface area (Å²) in [6.07, 6.45) is 0.352. The summed E-state index contributed by atoms with van der Waals surface area (Å²) in [6, 6.07) is 7.97. The van der Waals surface area contributed by atoms with Crippen LogP contribution in [-0.4, -0.2) is 126 Å². The van der Waals surface area contributed by atoms with E-state index >= 15 is 0 Å². The highest BCUT2D eigenvalue weighted by Gasteiger charge is 2.36. The number of anilines is 1. The molecular formula is C27H39N6O7PS. The topological polar surface area (TPSA) is 156 Å². The molecule has 15 heteroatoms. The SMILES string of the molecule is CCCCOC(=O)N1CCN(C(=O)C(CP(=O)(O)O)NC(=O)c2nc(-c3ccccc3)sc2N2CCN(C)CC2)CC1. The molecule has 1 atom stereocenters. The van der Waals surface area contributed by atoms with Gasteiger partial charge in [0.05, 0.1) is 12.8 Å². The normalized spacial score (nSPS) is 17.2. The second-order valence-corrected chi connectivity index (χ2v) is 13.2. The van der Waals surface area contributed by atoms with Gasteiger partial charge in [-0.3, -0.25) is 14.2 Å². The Morgan fingerprint density at radius 3 is 2.29 bits per heavy atom. The number of nitrogens with zero attached hydrogens (tertiary/aromatic N) is 5. The Kier molecular flexibility index (Phi) is 11.0. The minimum Gasteiger partial charge on any atom is -0.449 e. The molecule has 1 unspecified atom stereocenters. The second kappa shape index (κ2) is 14.4. The molecule has 0 spiro atoms. The molecule has 1 aromatic heterocycles. The predicted octanol–water partition coefficient (Wildman–Crippen LogP) is 1.92. The fraction of sp³-hybridized carbons (Fsp3) is 0.556. The smallest absolute Gasteiger partial charge is 0.409 e. The summed E-state index contributed by atoms with van der Waals surface area (Å²) in [5, 5.41) is 3.87. The van der Waals surface area contributed by atoms with Gasteiger partial charge < -0.3 is 39.4 Å². The van der Waals surface area contributed by atoms with E-state index in [1.165, 1.54) is 21.1 Å². The van der Waals surface area contributed by atoms with Gasteiger partial charge in [-0.05, 0) is 13.5 Å². The molecule has 2 saturated heterocycles. The molecule has 13 nitrogen and oxygen atoms in total. The summed E-state index contributed by atoms with van der Waals surface area (Å²) in [5.74, 6) is -1.29. The Balaban J connectivity index is 1.51. The van der Waals surface area contributed by atoms with Crippen LogP contribution in [0.1, 0.15) is 30.3 Å². The van der Waals surface area contributed by atoms with Gasteiger partial charge in [0.15, 0.2) is 5.69 Å². The van der Waals surface area contributed by atoms with E-state index in [-0.39, 0.29) is 31.9 Å². The van der Waals surface area contributed by atoms with Crippen LogP contribution in [0.4, 0.5) is 9.80 Å². The number of hydrogen-bond acceptors (Lipinski definition) is 9. The van der Waals surface area contributed by atoms with Crippen LogP contribution in [0.25, 0.3) is 10.6 Å². The lowest BCUT2D eigenvalue weighted by Gasteiger charge is -2.36. The molecule has 0 radical (unpaired) electrons. The molecule has 2 aliphatic heterocycles. The second-order valence-electron chi connectivity index (χ2n) is 10.5. The van der Waals surface area contributed by atoms with Gasteiger partial charge in [-0.25, -0.2) is 9.78 Å². The van der Waals surface area contributed by atoms with E-state index in [1.807, 2.05) is 44.3 Å². The quantitative estimate of drug-likeness (QED) is 0.264. The first-order valence-corrected chi connectivity index (χ1v) is 16.7. The van der Waals surface area contributed by atoms with E-state index in [2.05, 4.69) is 20.1 Å². The van der Waals surface area contributed by atoms with Gasteiger partial charge in [-0.2, -0.15) is 0 Å². The third kappa shape index (κ3) is 8.51. The molecular weight excluding hydrogens is 583 g/mol. The number of unbranched alkanes of at least 4 members (excludes halogenated alkanes) is 1. The van der Waals surface area contributed by atoms with Crippen LogP contribution < -0.4 is 10.2 Å². The molecule has 2 aliphatic rings. The molecule has 0 aliphatic carbocycles. The molecule has 42 heavy (non-hydrogen) atoms. The van der Waals surface area contributed by atoms with E-state index in [4.69, 9.17) is 4.74 Å². The van der Waals surface area contributed by atoms with Crippen molar-refractivity contribution >= 4 is 41.8 Å². The van der Waals surface area contributed by atoms with Crippen LogP contribution in [0, 0.1) is 0 Å². The summed E-state index contributed by atoms with van der Waals surface area (Å²) >= 11 is 1.37. The molecule has 1 aromatic carbocycles. The predicted molar refractivity (Wildman–Crippen MR) is 160 cm³/mol. The molecule has 3 heterocycles. The van der Waals surface area contributed by atoms with Gasteiger partial charge in [0.2, 0.25) is 5.91 Å². The fourth-order valence-corrected chi connectivity index (χ4v) is 6.61. The van der Waals surface area contributed by atoms with Gasteiger partial charge in [0.25, 0.3) is 5.91 Å². The highest BCUT2D eigenvalue weighted by molar-refractivity contribution is 7.51. The number of carbonyl (C=O) groups excluding carboxylic acids is 3. The molecule has 2 fully saturated rings. The first-order chi connectivity index (χ1) is 20.1. The zero-order valence-corrected chi connectivity index (χ0v) is 25.7. The van der Waals surface area contributed by atoms with E-state index in [0.717, 1.165) is 31.5 Å². The van der Waals surface area contributed by atoms with Crippen LogP contribution in [-0.2, 0) is 14.1 Å². The van der Waals surface area contributed by atoms with Crippen LogP contribution in [0.15, 0.2) is 30.3 Å². The number of rotatable bonds is 10.